The van der Waals surface area contributed by atoms with Gasteiger partial charge in [0.05, 0.1) is 7.11 Å². The second-order valence-electron chi connectivity index (χ2n) is 2.27. The molecule has 0 fully saturated rings. The predicted molar refractivity (Wildman–Crippen MR) is 44.1 cm³/mol. The standard InChI is InChI=1S/C8H10O2.Al.2Y/c1-6-3-4-8(10-2)7(9)5-6;;;/h3-5,9H,1-2H3;;;/q;+1;;/p-1. The van der Waals surface area contributed by atoms with E-state index in [1.54, 1.807) is 7.11 Å². The van der Waals surface area contributed by atoms with E-state index in [9.17, 15) is 0 Å². The van der Waals surface area contributed by atoms with Crippen molar-refractivity contribution < 1.29 is 73.9 Å². The SMILES string of the molecule is COc1ccc(C)cc1[O][Al].[Y].[Y]. The number of methoxy groups -OCH3 is 1. The van der Waals surface area contributed by atoms with Crippen molar-refractivity contribution in [2.75, 3.05) is 7.11 Å². The van der Waals surface area contributed by atoms with Crippen molar-refractivity contribution in [2.45, 2.75) is 6.92 Å². The molecular weight excluding hydrogens is 333 g/mol. The summed E-state index contributed by atoms with van der Waals surface area (Å²) in [7, 11) is 1.62. The zero-order valence-corrected chi connectivity index (χ0v) is 14.6. The molecule has 0 bridgehead atoms. The molecule has 0 aliphatic rings. The first-order valence-electron chi connectivity index (χ1n) is 3.29. The largest absolute Gasteiger partial charge is 0.651 e. The molecule has 4 radical (unpaired) electrons. The molecule has 0 saturated carbocycles. The number of rotatable bonds is 2. The van der Waals surface area contributed by atoms with E-state index in [2.05, 4.69) is 16.6 Å². The third-order valence-corrected chi connectivity index (χ3v) is 1.70. The molecule has 0 amide bonds. The molecule has 62 valence electrons. The van der Waals surface area contributed by atoms with Crippen molar-refractivity contribution >= 4 is 16.6 Å². The van der Waals surface area contributed by atoms with Gasteiger partial charge in [-0.15, -0.1) is 0 Å². The Balaban J connectivity index is 0. The van der Waals surface area contributed by atoms with Gasteiger partial charge in [-0.05, 0) is 24.6 Å². The number of benzene rings is 1. The molecule has 2 nitrogen and oxygen atoms in total. The van der Waals surface area contributed by atoms with Crippen LogP contribution < -0.4 is 8.53 Å². The van der Waals surface area contributed by atoms with Crippen molar-refractivity contribution in [1.29, 1.82) is 0 Å². The summed E-state index contributed by atoms with van der Waals surface area (Å²) in [5.41, 5.74) is 1.16. The van der Waals surface area contributed by atoms with Crippen LogP contribution in [-0.4, -0.2) is 23.7 Å². The molecule has 0 heterocycles. The van der Waals surface area contributed by atoms with Crippen LogP contribution in [0.2, 0.25) is 0 Å². The minimum atomic E-state index is 0. The summed E-state index contributed by atoms with van der Waals surface area (Å²) < 4.78 is 10.1. The Morgan fingerprint density at radius 3 is 2.23 bits per heavy atom. The van der Waals surface area contributed by atoms with E-state index in [0.717, 1.165) is 17.1 Å². The van der Waals surface area contributed by atoms with E-state index >= 15 is 0 Å². The molecule has 0 N–H and O–H groups in total. The Hall–Kier alpha value is 1.56. The first-order valence-corrected chi connectivity index (χ1v) is 3.76. The summed E-state index contributed by atoms with van der Waals surface area (Å²) in [6.07, 6.45) is 0. The van der Waals surface area contributed by atoms with Crippen molar-refractivity contribution in [3.8, 4) is 11.5 Å². The van der Waals surface area contributed by atoms with Crippen LogP contribution in [0.5, 0.6) is 11.5 Å². The molecule has 5 heteroatoms. The normalized spacial score (nSPS) is 7.85. The fourth-order valence-electron chi connectivity index (χ4n) is 0.876. The van der Waals surface area contributed by atoms with Gasteiger partial charge in [0.2, 0.25) is 0 Å². The summed E-state index contributed by atoms with van der Waals surface area (Å²) >= 11 is 2.20. The van der Waals surface area contributed by atoms with Crippen LogP contribution in [0.1, 0.15) is 5.56 Å². The van der Waals surface area contributed by atoms with Gasteiger partial charge in [-0.1, -0.05) is 6.07 Å². The second-order valence-corrected chi connectivity index (χ2v) is 2.51. The number of hydrogen-bond donors (Lipinski definition) is 0. The second kappa shape index (κ2) is 8.84. The van der Waals surface area contributed by atoms with Crippen molar-refractivity contribution in [2.24, 2.45) is 0 Å². The van der Waals surface area contributed by atoms with Gasteiger partial charge in [0.25, 0.3) is 0 Å². The van der Waals surface area contributed by atoms with E-state index in [0.29, 0.717) is 0 Å². The Bertz CT molecular complexity index is 256. The molecular formula is C8H9AlO2Y2. The Morgan fingerprint density at radius 2 is 1.77 bits per heavy atom. The minimum Gasteiger partial charge on any atom is -0.651 e. The number of hydrogen-bond acceptors (Lipinski definition) is 2. The van der Waals surface area contributed by atoms with E-state index in [1.165, 1.54) is 0 Å². The van der Waals surface area contributed by atoms with E-state index in [1.807, 2.05) is 25.1 Å². The molecule has 0 aliphatic heterocycles. The maximum atomic E-state index is 5.05. The van der Waals surface area contributed by atoms with E-state index in [-0.39, 0.29) is 65.4 Å². The Kier molecular flexibility index (Phi) is 11.5. The quantitative estimate of drug-likeness (QED) is 0.758. The third-order valence-electron chi connectivity index (χ3n) is 1.45. The van der Waals surface area contributed by atoms with Crippen molar-refractivity contribution in [3.05, 3.63) is 23.8 Å². The molecule has 0 spiro atoms. The van der Waals surface area contributed by atoms with Gasteiger partial charge in [-0.25, -0.2) is 0 Å². The van der Waals surface area contributed by atoms with Crippen LogP contribution in [0.3, 0.4) is 0 Å². The zero-order chi connectivity index (χ0) is 8.27. The first-order chi connectivity index (χ1) is 5.27. The van der Waals surface area contributed by atoms with Gasteiger partial charge in [-0.3, -0.25) is 0 Å². The zero-order valence-electron chi connectivity index (χ0n) is 7.78. The van der Waals surface area contributed by atoms with Gasteiger partial charge in [0, 0.05) is 65.4 Å². The molecule has 1 aromatic rings. The maximum Gasteiger partial charge on any atom is 0.482 e. The van der Waals surface area contributed by atoms with Crippen molar-refractivity contribution in [1.82, 2.24) is 0 Å². The summed E-state index contributed by atoms with van der Waals surface area (Å²) in [4.78, 5) is 0. The third kappa shape index (κ3) is 5.26. The average Bonchev–Trinajstić information content (AvgIpc) is 2.04. The van der Waals surface area contributed by atoms with Gasteiger partial charge in [0.15, 0.2) is 5.75 Å². The van der Waals surface area contributed by atoms with Crippen LogP contribution >= 0.6 is 0 Å². The van der Waals surface area contributed by atoms with Crippen LogP contribution in [0.15, 0.2) is 18.2 Å². The summed E-state index contributed by atoms with van der Waals surface area (Å²) in [6, 6.07) is 5.78. The Labute approximate surface area is 138 Å². The van der Waals surface area contributed by atoms with Gasteiger partial charge < -0.3 is 8.53 Å². The fourth-order valence-corrected chi connectivity index (χ4v) is 1.06. The summed E-state index contributed by atoms with van der Waals surface area (Å²) in [5.74, 6) is 1.50. The molecule has 0 atom stereocenters. The van der Waals surface area contributed by atoms with Gasteiger partial charge in [0.1, 0.15) is 5.75 Å². The first kappa shape index (κ1) is 17.0. The topological polar surface area (TPSA) is 18.5 Å². The fraction of sp³-hybridized carbons (Fsp3) is 0.250. The van der Waals surface area contributed by atoms with Crippen molar-refractivity contribution in [3.63, 3.8) is 0 Å². The van der Waals surface area contributed by atoms with Crippen LogP contribution in [0, 0.1) is 6.92 Å². The predicted octanol–water partition coefficient (Wildman–Crippen LogP) is 1.46. The van der Waals surface area contributed by atoms with Crippen LogP contribution in [-0.2, 0) is 65.4 Å². The van der Waals surface area contributed by atoms with E-state index < -0.39 is 0 Å². The number of ether oxygens (including phenoxy) is 1. The monoisotopic (exact) mass is 342 g/mol. The number of aryl methyl sites for hydroxylation is 1. The molecule has 1 aromatic carbocycles. The molecule has 1 rings (SSSR count). The molecule has 0 aliphatic carbocycles. The average molecular weight is 342 g/mol. The Morgan fingerprint density at radius 1 is 1.15 bits per heavy atom. The molecule has 0 saturated heterocycles. The minimum absolute atomic E-state index is 0. The molecule has 0 unspecified atom stereocenters. The summed E-state index contributed by atoms with van der Waals surface area (Å²) in [6.45, 7) is 2.01. The van der Waals surface area contributed by atoms with Crippen LogP contribution in [0.4, 0.5) is 0 Å². The molecule has 0 aromatic heterocycles. The van der Waals surface area contributed by atoms with Gasteiger partial charge in [-0.2, -0.15) is 0 Å². The molecule has 13 heavy (non-hydrogen) atoms. The maximum absolute atomic E-state index is 5.05. The summed E-state index contributed by atoms with van der Waals surface area (Å²) in [5, 5.41) is 0. The van der Waals surface area contributed by atoms with Crippen LogP contribution in [0.25, 0.3) is 0 Å². The van der Waals surface area contributed by atoms with E-state index in [4.69, 9.17) is 8.53 Å². The van der Waals surface area contributed by atoms with Gasteiger partial charge >= 0.3 is 16.6 Å². The smallest absolute Gasteiger partial charge is 0.482 e.